The monoisotopic (exact) mass is 381 g/mol. The molecule has 0 radical (unpaired) electrons. The minimum Gasteiger partial charge on any atom is -0.381 e. The van der Waals surface area contributed by atoms with Gasteiger partial charge in [-0.1, -0.05) is 6.07 Å². The average molecular weight is 381 g/mol. The molecule has 5 heterocycles. The van der Waals surface area contributed by atoms with E-state index >= 15 is 0 Å². The third-order valence-electron chi connectivity index (χ3n) is 6.40. The van der Waals surface area contributed by atoms with Crippen LogP contribution in [0.3, 0.4) is 0 Å². The van der Waals surface area contributed by atoms with E-state index in [1.165, 1.54) is 0 Å². The molecule has 2 fully saturated rings. The van der Waals surface area contributed by atoms with Crippen LogP contribution in [-0.2, 0) is 18.2 Å². The predicted molar refractivity (Wildman–Crippen MR) is 106 cm³/mol. The van der Waals surface area contributed by atoms with Crippen LogP contribution >= 0.6 is 0 Å². The second-order valence-electron chi connectivity index (χ2n) is 8.24. The van der Waals surface area contributed by atoms with Gasteiger partial charge in [-0.05, 0) is 49.1 Å². The number of hydrogen-bond donors (Lipinski definition) is 0. The Balaban J connectivity index is 1.37. The number of hydrogen-bond acceptors (Lipinski definition) is 4. The zero-order valence-corrected chi connectivity index (χ0v) is 16.4. The van der Waals surface area contributed by atoms with Crippen molar-refractivity contribution in [2.24, 2.45) is 18.9 Å². The van der Waals surface area contributed by atoms with Gasteiger partial charge in [-0.15, -0.1) is 0 Å². The molecule has 0 aliphatic carbocycles. The first-order valence-electron chi connectivity index (χ1n) is 10.3. The lowest BCUT2D eigenvalue weighted by molar-refractivity contribution is 0.171. The molecule has 2 aromatic rings. The number of rotatable bonds is 2. The van der Waals surface area contributed by atoms with E-state index < -0.39 is 0 Å². The largest absolute Gasteiger partial charge is 0.381 e. The zero-order valence-electron chi connectivity index (χ0n) is 16.4. The molecule has 2 atom stereocenters. The molecule has 7 nitrogen and oxygen atoms in total. The van der Waals surface area contributed by atoms with Crippen molar-refractivity contribution < 1.29 is 9.53 Å². The predicted octanol–water partition coefficient (Wildman–Crippen LogP) is 2.71. The second-order valence-corrected chi connectivity index (χ2v) is 8.24. The highest BCUT2D eigenvalue weighted by Crippen LogP contribution is 2.33. The number of amides is 2. The highest BCUT2D eigenvalue weighted by molar-refractivity contribution is 5.92. The fraction of sp³-hybridized carbons (Fsp3) is 0.571. The SMILES string of the molecule is Cn1cc(-c2ccc3c(n2)N(C(=O)N2CCC(C4CCOC4)C2)CCC3)cn1. The van der Waals surface area contributed by atoms with Gasteiger partial charge in [0.25, 0.3) is 0 Å². The standard InChI is InChI=1S/C21H27N5O2/c1-24-12-18(11-22-24)19-5-4-15-3-2-8-26(20(15)23-19)21(27)25-9-6-16(13-25)17-7-10-28-14-17/h4-5,11-12,16-17H,2-3,6-10,13-14H2,1H3. The van der Waals surface area contributed by atoms with Crippen LogP contribution in [0.1, 0.15) is 24.8 Å². The number of nitrogens with zero attached hydrogens (tertiary/aromatic N) is 5. The summed E-state index contributed by atoms with van der Waals surface area (Å²) in [5, 5.41) is 4.25. The van der Waals surface area contributed by atoms with E-state index in [4.69, 9.17) is 9.72 Å². The molecule has 0 bridgehead atoms. The van der Waals surface area contributed by atoms with Crippen LogP contribution in [-0.4, -0.2) is 58.5 Å². The molecule has 5 rings (SSSR count). The molecular weight excluding hydrogens is 354 g/mol. The first-order chi connectivity index (χ1) is 13.7. The fourth-order valence-electron chi connectivity index (χ4n) is 4.78. The minimum absolute atomic E-state index is 0.109. The summed E-state index contributed by atoms with van der Waals surface area (Å²) in [6, 6.07) is 4.26. The lowest BCUT2D eigenvalue weighted by atomic mass is 9.91. The number of urea groups is 1. The van der Waals surface area contributed by atoms with Gasteiger partial charge < -0.3 is 9.64 Å². The van der Waals surface area contributed by atoms with Crippen LogP contribution in [0.2, 0.25) is 0 Å². The van der Waals surface area contributed by atoms with Gasteiger partial charge in [-0.2, -0.15) is 5.10 Å². The van der Waals surface area contributed by atoms with Crippen molar-refractivity contribution in [1.29, 1.82) is 0 Å². The quantitative estimate of drug-likeness (QED) is 0.802. The van der Waals surface area contributed by atoms with E-state index in [1.54, 1.807) is 4.68 Å². The Bertz CT molecular complexity index is 873. The Kier molecular flexibility index (Phi) is 4.55. The van der Waals surface area contributed by atoms with Gasteiger partial charge in [0.2, 0.25) is 0 Å². The van der Waals surface area contributed by atoms with Crippen molar-refractivity contribution in [2.45, 2.75) is 25.7 Å². The van der Waals surface area contributed by atoms with Crippen molar-refractivity contribution in [3.63, 3.8) is 0 Å². The van der Waals surface area contributed by atoms with Gasteiger partial charge in [-0.3, -0.25) is 9.58 Å². The summed E-state index contributed by atoms with van der Waals surface area (Å²) in [4.78, 5) is 22.1. The van der Waals surface area contributed by atoms with Gasteiger partial charge in [0.05, 0.1) is 11.9 Å². The molecule has 7 heteroatoms. The first kappa shape index (κ1) is 17.7. The molecule has 28 heavy (non-hydrogen) atoms. The van der Waals surface area contributed by atoms with Gasteiger partial charge >= 0.3 is 6.03 Å². The Hall–Kier alpha value is -2.41. The normalized spacial score (nSPS) is 24.6. The van der Waals surface area contributed by atoms with E-state index in [2.05, 4.69) is 11.2 Å². The molecule has 148 valence electrons. The summed E-state index contributed by atoms with van der Waals surface area (Å²) in [5.41, 5.74) is 3.01. The van der Waals surface area contributed by atoms with E-state index in [0.717, 1.165) is 81.2 Å². The number of carbonyl (C=O) groups is 1. The van der Waals surface area contributed by atoms with Crippen molar-refractivity contribution in [3.05, 3.63) is 30.1 Å². The number of pyridine rings is 1. The van der Waals surface area contributed by atoms with Crippen LogP contribution in [0.5, 0.6) is 0 Å². The molecular formula is C21H27N5O2. The Morgan fingerprint density at radius 3 is 2.93 bits per heavy atom. The molecule has 2 unspecified atom stereocenters. The summed E-state index contributed by atoms with van der Waals surface area (Å²) in [5.74, 6) is 2.01. The van der Waals surface area contributed by atoms with E-state index in [0.29, 0.717) is 11.8 Å². The number of ether oxygens (including phenoxy) is 1. The number of likely N-dealkylation sites (tertiary alicyclic amines) is 1. The maximum atomic E-state index is 13.3. The lowest BCUT2D eigenvalue weighted by Crippen LogP contribution is -2.45. The number of anilines is 1. The number of carbonyl (C=O) groups excluding carboxylic acids is 1. The third-order valence-corrected chi connectivity index (χ3v) is 6.40. The van der Waals surface area contributed by atoms with Gasteiger partial charge in [0.15, 0.2) is 0 Å². The second kappa shape index (κ2) is 7.20. The zero-order chi connectivity index (χ0) is 19.1. The van der Waals surface area contributed by atoms with Gasteiger partial charge in [-0.25, -0.2) is 9.78 Å². The van der Waals surface area contributed by atoms with Crippen molar-refractivity contribution in [2.75, 3.05) is 37.7 Å². The summed E-state index contributed by atoms with van der Waals surface area (Å²) >= 11 is 0. The molecule has 0 aromatic carbocycles. The summed E-state index contributed by atoms with van der Waals surface area (Å²) < 4.78 is 7.33. The van der Waals surface area contributed by atoms with E-state index in [1.807, 2.05) is 35.3 Å². The molecule has 2 aromatic heterocycles. The number of aromatic nitrogens is 3. The summed E-state index contributed by atoms with van der Waals surface area (Å²) in [6.45, 7) is 4.16. The Labute approximate surface area is 165 Å². The number of fused-ring (bicyclic) bond motifs is 1. The minimum atomic E-state index is 0.109. The van der Waals surface area contributed by atoms with Crippen LogP contribution in [0.15, 0.2) is 24.5 Å². The first-order valence-corrected chi connectivity index (χ1v) is 10.3. The maximum Gasteiger partial charge on any atom is 0.325 e. The molecule has 2 saturated heterocycles. The molecule has 0 spiro atoms. The Morgan fingerprint density at radius 1 is 1.21 bits per heavy atom. The van der Waals surface area contributed by atoms with Crippen molar-refractivity contribution in [1.82, 2.24) is 19.7 Å². The Morgan fingerprint density at radius 2 is 2.14 bits per heavy atom. The topological polar surface area (TPSA) is 63.5 Å². The van der Waals surface area contributed by atoms with E-state index in [9.17, 15) is 4.79 Å². The summed E-state index contributed by atoms with van der Waals surface area (Å²) in [7, 11) is 1.90. The molecule has 2 amide bonds. The number of aryl methyl sites for hydroxylation is 2. The smallest absolute Gasteiger partial charge is 0.325 e. The van der Waals surface area contributed by atoms with Gasteiger partial charge in [0.1, 0.15) is 5.82 Å². The molecule has 0 saturated carbocycles. The van der Waals surface area contributed by atoms with Crippen LogP contribution in [0, 0.1) is 11.8 Å². The summed E-state index contributed by atoms with van der Waals surface area (Å²) in [6.07, 6.45) is 7.96. The highest BCUT2D eigenvalue weighted by Gasteiger charge is 2.36. The van der Waals surface area contributed by atoms with E-state index in [-0.39, 0.29) is 6.03 Å². The fourth-order valence-corrected chi connectivity index (χ4v) is 4.78. The van der Waals surface area contributed by atoms with Crippen molar-refractivity contribution in [3.8, 4) is 11.3 Å². The average Bonchev–Trinajstić information content (AvgIpc) is 3.47. The van der Waals surface area contributed by atoms with Crippen LogP contribution in [0.25, 0.3) is 11.3 Å². The van der Waals surface area contributed by atoms with Crippen LogP contribution < -0.4 is 4.90 Å². The molecule has 0 N–H and O–H groups in total. The highest BCUT2D eigenvalue weighted by atomic mass is 16.5. The molecule has 3 aliphatic heterocycles. The lowest BCUT2D eigenvalue weighted by Gasteiger charge is -2.32. The van der Waals surface area contributed by atoms with Gasteiger partial charge in [0, 0.05) is 51.7 Å². The molecule has 3 aliphatic rings. The van der Waals surface area contributed by atoms with Crippen molar-refractivity contribution >= 4 is 11.8 Å². The van der Waals surface area contributed by atoms with Crippen LogP contribution in [0.4, 0.5) is 10.6 Å². The third kappa shape index (κ3) is 3.17. The maximum absolute atomic E-state index is 13.3.